The zero-order chi connectivity index (χ0) is 21.1. The van der Waals surface area contributed by atoms with E-state index in [1.54, 1.807) is 18.3 Å². The number of carbonyl (C=O) groups excluding carboxylic acids is 1. The van der Waals surface area contributed by atoms with Crippen molar-refractivity contribution in [1.82, 2.24) is 9.78 Å². The van der Waals surface area contributed by atoms with E-state index < -0.39 is 11.5 Å². The van der Waals surface area contributed by atoms with Gasteiger partial charge in [0.2, 0.25) is 0 Å². The molecular weight excluding hydrogens is 406 g/mol. The molecule has 4 atom stereocenters. The molecule has 4 aliphatic rings. The summed E-state index contributed by atoms with van der Waals surface area (Å²) in [6, 6.07) is 6.44. The molecule has 0 amide bonds. The zero-order valence-electron chi connectivity index (χ0n) is 16.4. The number of halogens is 1. The Bertz CT molecular complexity index is 1050. The normalized spacial score (nSPS) is 31.6. The van der Waals surface area contributed by atoms with Gasteiger partial charge in [-0.25, -0.2) is 4.68 Å². The minimum atomic E-state index is -1.01. The van der Waals surface area contributed by atoms with Crippen molar-refractivity contribution in [3.05, 3.63) is 45.8 Å². The fourth-order valence-corrected chi connectivity index (χ4v) is 6.90. The number of rotatable bonds is 5. The molecular formula is C22H23ClN3O4-. The van der Waals surface area contributed by atoms with Crippen LogP contribution < -0.4 is 16.0 Å². The maximum atomic E-state index is 13.2. The Kier molecular flexibility index (Phi) is 4.36. The van der Waals surface area contributed by atoms with E-state index in [0.29, 0.717) is 29.6 Å². The molecule has 6 rings (SSSR count). The van der Waals surface area contributed by atoms with Crippen LogP contribution in [0.25, 0.3) is 0 Å². The zero-order valence-corrected chi connectivity index (χ0v) is 17.2. The first-order valence-corrected chi connectivity index (χ1v) is 10.7. The summed E-state index contributed by atoms with van der Waals surface area (Å²) in [4.78, 5) is 24.7. The summed E-state index contributed by atoms with van der Waals surface area (Å²) in [7, 11) is 0. The standard InChI is InChI=1S/C22H24ClN3O4/c23-19-17(25-15-1-3-16(27)4-2-15)11-24-26(20(19)30)22-8-13-5-14(9-22)7-21(6-13,12-22)10-18(28)29/h1-4,11,13-14,25,27H,5-10,12H2,(H,28,29)/p-1/t13-,14+,21?,22?. The number of carboxylic acids is 1. The molecule has 4 saturated carbocycles. The fourth-order valence-electron chi connectivity index (χ4n) is 6.72. The Labute approximate surface area is 178 Å². The minimum absolute atomic E-state index is 0.0464. The molecule has 7 nitrogen and oxygen atoms in total. The Morgan fingerprint density at radius 2 is 1.90 bits per heavy atom. The first-order chi connectivity index (χ1) is 14.3. The highest BCUT2D eigenvalue weighted by molar-refractivity contribution is 6.33. The first-order valence-electron chi connectivity index (χ1n) is 10.3. The van der Waals surface area contributed by atoms with Crippen molar-refractivity contribution in [1.29, 1.82) is 0 Å². The number of aromatic hydroxyl groups is 1. The van der Waals surface area contributed by atoms with Crippen LogP contribution >= 0.6 is 11.6 Å². The molecule has 4 bridgehead atoms. The quantitative estimate of drug-likeness (QED) is 0.709. The molecule has 2 aromatic rings. The number of benzene rings is 1. The van der Waals surface area contributed by atoms with Gasteiger partial charge in [-0.2, -0.15) is 5.10 Å². The van der Waals surface area contributed by atoms with Gasteiger partial charge in [0.15, 0.2) is 0 Å². The lowest BCUT2D eigenvalue weighted by atomic mass is 9.46. The monoisotopic (exact) mass is 428 g/mol. The van der Waals surface area contributed by atoms with Gasteiger partial charge >= 0.3 is 0 Å². The number of anilines is 2. The van der Waals surface area contributed by atoms with Gasteiger partial charge in [0.25, 0.3) is 5.56 Å². The number of hydrogen-bond acceptors (Lipinski definition) is 6. The van der Waals surface area contributed by atoms with E-state index in [4.69, 9.17) is 11.6 Å². The Morgan fingerprint density at radius 3 is 2.53 bits per heavy atom. The summed E-state index contributed by atoms with van der Waals surface area (Å²) in [5.74, 6) is -0.0490. The van der Waals surface area contributed by atoms with E-state index in [-0.39, 0.29) is 28.2 Å². The molecule has 1 aromatic carbocycles. The summed E-state index contributed by atoms with van der Waals surface area (Å²) >= 11 is 6.45. The van der Waals surface area contributed by atoms with Crippen molar-refractivity contribution >= 4 is 28.9 Å². The van der Waals surface area contributed by atoms with E-state index in [9.17, 15) is 19.8 Å². The summed E-state index contributed by atoms with van der Waals surface area (Å²) in [5.41, 5.74) is -0.0586. The number of aliphatic carboxylic acids is 1. The number of phenolic OH excluding ortho intramolecular Hbond substituents is 1. The molecule has 4 fully saturated rings. The second-order valence-corrected chi connectivity index (χ2v) is 9.87. The van der Waals surface area contributed by atoms with Crippen LogP contribution in [0.2, 0.25) is 5.02 Å². The van der Waals surface area contributed by atoms with Gasteiger partial charge in [0.05, 0.1) is 17.4 Å². The number of hydrogen-bond donors (Lipinski definition) is 2. The van der Waals surface area contributed by atoms with E-state index >= 15 is 0 Å². The van der Waals surface area contributed by atoms with Crippen molar-refractivity contribution in [2.45, 2.75) is 50.5 Å². The summed E-state index contributed by atoms with van der Waals surface area (Å²) in [5, 5.41) is 28.5. The smallest absolute Gasteiger partial charge is 0.288 e. The summed E-state index contributed by atoms with van der Waals surface area (Å²) < 4.78 is 1.53. The summed E-state index contributed by atoms with van der Waals surface area (Å²) in [6.07, 6.45) is 6.79. The Morgan fingerprint density at radius 1 is 1.23 bits per heavy atom. The van der Waals surface area contributed by atoms with Gasteiger partial charge in [-0.1, -0.05) is 11.6 Å². The number of nitrogens with zero attached hydrogens (tertiary/aromatic N) is 2. The van der Waals surface area contributed by atoms with Crippen LogP contribution in [-0.4, -0.2) is 20.9 Å². The Balaban J connectivity index is 1.50. The third-order valence-corrected chi connectivity index (χ3v) is 7.55. The molecule has 0 radical (unpaired) electrons. The molecule has 1 heterocycles. The van der Waals surface area contributed by atoms with Crippen LogP contribution in [0.4, 0.5) is 11.4 Å². The number of phenols is 1. The molecule has 2 N–H and O–H groups in total. The molecule has 1 aromatic heterocycles. The molecule has 158 valence electrons. The predicted molar refractivity (Wildman–Crippen MR) is 110 cm³/mol. The highest BCUT2D eigenvalue weighted by atomic mass is 35.5. The molecule has 0 spiro atoms. The second kappa shape index (κ2) is 6.74. The topological polar surface area (TPSA) is 107 Å². The molecule has 0 saturated heterocycles. The van der Waals surface area contributed by atoms with Crippen molar-refractivity contribution in [2.24, 2.45) is 17.3 Å². The average molecular weight is 429 g/mol. The largest absolute Gasteiger partial charge is 0.550 e. The number of carboxylic acid groups (broad SMARTS) is 1. The van der Waals surface area contributed by atoms with Crippen LogP contribution in [0.3, 0.4) is 0 Å². The van der Waals surface area contributed by atoms with E-state index in [0.717, 1.165) is 32.1 Å². The van der Waals surface area contributed by atoms with Crippen molar-refractivity contribution in [3.8, 4) is 5.75 Å². The second-order valence-electron chi connectivity index (χ2n) is 9.50. The first kappa shape index (κ1) is 19.4. The highest BCUT2D eigenvalue weighted by Gasteiger charge is 2.59. The van der Waals surface area contributed by atoms with Crippen molar-refractivity contribution < 1.29 is 15.0 Å². The van der Waals surface area contributed by atoms with Gasteiger partial charge < -0.3 is 20.3 Å². The lowest BCUT2D eigenvalue weighted by molar-refractivity contribution is -0.310. The van der Waals surface area contributed by atoms with Gasteiger partial charge in [-0.05, 0) is 86.5 Å². The fraction of sp³-hybridized carbons (Fsp3) is 0.500. The molecule has 0 aliphatic heterocycles. The van der Waals surface area contributed by atoms with Gasteiger partial charge in [-0.15, -0.1) is 0 Å². The van der Waals surface area contributed by atoms with Crippen LogP contribution in [0.5, 0.6) is 5.75 Å². The maximum Gasteiger partial charge on any atom is 0.288 e. The van der Waals surface area contributed by atoms with Gasteiger partial charge in [0, 0.05) is 11.7 Å². The van der Waals surface area contributed by atoms with Gasteiger partial charge in [-0.3, -0.25) is 4.79 Å². The Hall–Kier alpha value is -2.54. The third-order valence-electron chi connectivity index (χ3n) is 7.19. The van der Waals surface area contributed by atoms with Gasteiger partial charge in [0.1, 0.15) is 10.8 Å². The third kappa shape index (κ3) is 3.16. The average Bonchev–Trinajstić information content (AvgIpc) is 2.65. The maximum absolute atomic E-state index is 13.2. The molecule has 30 heavy (non-hydrogen) atoms. The van der Waals surface area contributed by atoms with Crippen LogP contribution in [0.1, 0.15) is 44.9 Å². The van der Waals surface area contributed by atoms with E-state index in [2.05, 4.69) is 10.4 Å². The van der Waals surface area contributed by atoms with E-state index in [1.807, 2.05) is 0 Å². The molecule has 2 unspecified atom stereocenters. The highest BCUT2D eigenvalue weighted by Crippen LogP contribution is 2.64. The lowest BCUT2D eigenvalue weighted by Gasteiger charge is -2.62. The van der Waals surface area contributed by atoms with Crippen LogP contribution in [0, 0.1) is 17.3 Å². The number of carbonyl (C=O) groups is 1. The SMILES string of the molecule is O=C([O-])CC12C[C@H]3C[C@@H](C1)CC(n1ncc(Nc4ccc(O)cc4)c(Cl)c1=O)(C3)C2. The van der Waals surface area contributed by atoms with Crippen molar-refractivity contribution in [2.75, 3.05) is 5.32 Å². The number of aromatic nitrogens is 2. The molecule has 8 heteroatoms. The van der Waals surface area contributed by atoms with E-state index in [1.165, 1.54) is 16.8 Å². The summed E-state index contributed by atoms with van der Waals surface area (Å²) in [6.45, 7) is 0. The minimum Gasteiger partial charge on any atom is -0.550 e. The van der Waals surface area contributed by atoms with Crippen LogP contribution in [0.15, 0.2) is 35.3 Å². The molecule has 4 aliphatic carbocycles. The predicted octanol–water partition coefficient (Wildman–Crippen LogP) is 2.78. The van der Waals surface area contributed by atoms with Crippen LogP contribution in [-0.2, 0) is 10.3 Å². The van der Waals surface area contributed by atoms with Crippen molar-refractivity contribution in [3.63, 3.8) is 0 Å². The lowest BCUT2D eigenvalue weighted by Crippen LogP contribution is -2.60. The number of nitrogens with one attached hydrogen (secondary N) is 1.